The molecule has 0 aromatic heterocycles. The first-order valence-corrected chi connectivity index (χ1v) is 4.47. The Morgan fingerprint density at radius 1 is 1.64 bits per heavy atom. The molecule has 4 nitrogen and oxygen atoms in total. The third-order valence-corrected chi connectivity index (χ3v) is 2.17. The molecule has 0 fully saturated rings. The molecule has 2 N–H and O–H groups in total. The molecule has 4 heteroatoms. The average Bonchev–Trinajstić information content (AvgIpc) is 2.17. The second-order valence-electron chi connectivity index (χ2n) is 3.73. The van der Waals surface area contributed by atoms with E-state index in [0.29, 0.717) is 6.54 Å². The smallest absolute Gasteiger partial charge is 0.236 e. The van der Waals surface area contributed by atoms with E-state index in [1.807, 2.05) is 0 Å². The Morgan fingerprint density at radius 2 is 2.21 bits per heavy atom. The van der Waals surface area contributed by atoms with Crippen LogP contribution in [0.15, 0.2) is 0 Å². The highest BCUT2D eigenvalue weighted by molar-refractivity contribution is 5.78. The van der Waals surface area contributed by atoms with E-state index < -0.39 is 5.54 Å². The van der Waals surface area contributed by atoms with E-state index in [1.54, 1.807) is 20.9 Å². The maximum atomic E-state index is 11.5. The molecule has 0 aliphatic carbocycles. The molecule has 0 atom stereocenters. The van der Waals surface area contributed by atoms with Crippen molar-refractivity contribution >= 4 is 5.91 Å². The van der Waals surface area contributed by atoms with Crippen molar-refractivity contribution in [1.29, 1.82) is 0 Å². The SMILES string of the molecule is C#CCNCC(=O)N(C)C(C)(C)CO. The lowest BCUT2D eigenvalue weighted by atomic mass is 10.1. The molecule has 0 aliphatic heterocycles. The van der Waals surface area contributed by atoms with Crippen LogP contribution < -0.4 is 5.32 Å². The quantitative estimate of drug-likeness (QED) is 0.460. The summed E-state index contributed by atoms with van der Waals surface area (Å²) in [5, 5.41) is 11.8. The van der Waals surface area contributed by atoms with Crippen LogP contribution in [0.5, 0.6) is 0 Å². The molecule has 0 aromatic rings. The van der Waals surface area contributed by atoms with Crippen LogP contribution in [-0.2, 0) is 4.79 Å². The first-order chi connectivity index (χ1) is 6.45. The molecule has 0 rings (SSSR count). The standard InChI is InChI=1S/C10H18N2O2/c1-5-6-11-7-9(14)12(4)10(2,3)8-13/h1,11,13H,6-8H2,2-4H3. The number of terminal acetylenes is 1. The highest BCUT2D eigenvalue weighted by atomic mass is 16.3. The van der Waals surface area contributed by atoms with Crippen molar-refractivity contribution in [2.24, 2.45) is 0 Å². The summed E-state index contributed by atoms with van der Waals surface area (Å²) in [4.78, 5) is 13.0. The van der Waals surface area contributed by atoms with Crippen LogP contribution in [0, 0.1) is 12.3 Å². The number of carbonyl (C=O) groups is 1. The Morgan fingerprint density at radius 3 is 2.64 bits per heavy atom. The summed E-state index contributed by atoms with van der Waals surface area (Å²) >= 11 is 0. The Labute approximate surface area is 85.3 Å². The van der Waals surface area contributed by atoms with Gasteiger partial charge < -0.3 is 10.0 Å². The zero-order valence-electron chi connectivity index (χ0n) is 9.00. The fraction of sp³-hybridized carbons (Fsp3) is 0.700. The summed E-state index contributed by atoms with van der Waals surface area (Å²) in [5.41, 5.74) is -0.533. The number of hydrogen-bond acceptors (Lipinski definition) is 3. The predicted molar refractivity (Wildman–Crippen MR) is 55.6 cm³/mol. The average molecular weight is 198 g/mol. The Hall–Kier alpha value is -1.05. The topological polar surface area (TPSA) is 52.6 Å². The highest BCUT2D eigenvalue weighted by Gasteiger charge is 2.25. The van der Waals surface area contributed by atoms with Crippen molar-refractivity contribution in [2.75, 3.05) is 26.7 Å². The number of aliphatic hydroxyl groups is 1. The van der Waals surface area contributed by atoms with Crippen molar-refractivity contribution in [3.63, 3.8) is 0 Å². The van der Waals surface area contributed by atoms with Gasteiger partial charge in [0.25, 0.3) is 0 Å². The van der Waals surface area contributed by atoms with Crippen LogP contribution >= 0.6 is 0 Å². The van der Waals surface area contributed by atoms with Crippen molar-refractivity contribution in [3.05, 3.63) is 0 Å². The minimum atomic E-state index is -0.533. The molecule has 0 aromatic carbocycles. The minimum Gasteiger partial charge on any atom is -0.394 e. The second kappa shape index (κ2) is 5.63. The second-order valence-corrected chi connectivity index (χ2v) is 3.73. The number of aliphatic hydroxyl groups excluding tert-OH is 1. The Bertz CT molecular complexity index is 231. The molecule has 14 heavy (non-hydrogen) atoms. The van der Waals surface area contributed by atoms with Crippen molar-refractivity contribution < 1.29 is 9.90 Å². The number of hydrogen-bond donors (Lipinski definition) is 2. The van der Waals surface area contributed by atoms with Crippen LogP contribution in [0.4, 0.5) is 0 Å². The zero-order chi connectivity index (χ0) is 11.2. The lowest BCUT2D eigenvalue weighted by Gasteiger charge is -2.33. The molecule has 1 amide bonds. The van der Waals surface area contributed by atoms with Gasteiger partial charge in [0.05, 0.1) is 25.2 Å². The van der Waals surface area contributed by atoms with Gasteiger partial charge in [-0.3, -0.25) is 10.1 Å². The molecule has 0 spiro atoms. The van der Waals surface area contributed by atoms with Gasteiger partial charge in [0.15, 0.2) is 0 Å². The van der Waals surface area contributed by atoms with E-state index in [1.165, 1.54) is 4.90 Å². The fourth-order valence-electron chi connectivity index (χ4n) is 0.804. The van der Waals surface area contributed by atoms with E-state index in [-0.39, 0.29) is 19.1 Å². The molecular formula is C10H18N2O2. The van der Waals surface area contributed by atoms with Gasteiger partial charge in [0, 0.05) is 7.05 Å². The van der Waals surface area contributed by atoms with Crippen LogP contribution in [0.25, 0.3) is 0 Å². The van der Waals surface area contributed by atoms with E-state index in [9.17, 15) is 4.79 Å². The van der Waals surface area contributed by atoms with Gasteiger partial charge in [-0.15, -0.1) is 6.42 Å². The predicted octanol–water partition coefficient (Wildman–Crippen LogP) is -0.561. The van der Waals surface area contributed by atoms with Gasteiger partial charge in [0.2, 0.25) is 5.91 Å². The van der Waals surface area contributed by atoms with Crippen LogP contribution in [0.1, 0.15) is 13.8 Å². The lowest BCUT2D eigenvalue weighted by Crippen LogP contribution is -2.50. The molecule has 0 radical (unpaired) electrons. The van der Waals surface area contributed by atoms with Crippen molar-refractivity contribution in [2.45, 2.75) is 19.4 Å². The van der Waals surface area contributed by atoms with Gasteiger partial charge in [-0.1, -0.05) is 5.92 Å². The molecule has 0 unspecified atom stereocenters. The third-order valence-electron chi connectivity index (χ3n) is 2.17. The van der Waals surface area contributed by atoms with Gasteiger partial charge in [-0.25, -0.2) is 0 Å². The molecule has 0 aliphatic rings. The molecule has 80 valence electrons. The zero-order valence-corrected chi connectivity index (χ0v) is 9.00. The highest BCUT2D eigenvalue weighted by Crippen LogP contribution is 2.10. The largest absolute Gasteiger partial charge is 0.394 e. The normalized spacial score (nSPS) is 10.8. The summed E-state index contributed by atoms with van der Waals surface area (Å²) in [6.45, 7) is 4.10. The number of likely N-dealkylation sites (N-methyl/N-ethyl adjacent to an activating group) is 1. The van der Waals surface area contributed by atoms with E-state index in [0.717, 1.165) is 0 Å². The number of carbonyl (C=O) groups excluding carboxylic acids is 1. The summed E-state index contributed by atoms with van der Waals surface area (Å²) < 4.78 is 0. The van der Waals surface area contributed by atoms with E-state index in [2.05, 4.69) is 11.2 Å². The van der Waals surface area contributed by atoms with Gasteiger partial charge >= 0.3 is 0 Å². The number of nitrogens with zero attached hydrogens (tertiary/aromatic N) is 1. The van der Waals surface area contributed by atoms with Gasteiger partial charge in [-0.05, 0) is 13.8 Å². The maximum Gasteiger partial charge on any atom is 0.236 e. The van der Waals surface area contributed by atoms with Gasteiger partial charge in [0.1, 0.15) is 0 Å². The van der Waals surface area contributed by atoms with Crippen LogP contribution in [-0.4, -0.2) is 48.2 Å². The monoisotopic (exact) mass is 198 g/mol. The summed E-state index contributed by atoms with van der Waals surface area (Å²) in [6, 6.07) is 0. The summed E-state index contributed by atoms with van der Waals surface area (Å²) in [7, 11) is 1.66. The Balaban J connectivity index is 4.07. The first kappa shape index (κ1) is 12.9. The molecule has 0 bridgehead atoms. The number of rotatable bonds is 5. The number of amides is 1. The maximum absolute atomic E-state index is 11.5. The fourth-order valence-corrected chi connectivity index (χ4v) is 0.804. The molecule has 0 saturated carbocycles. The van der Waals surface area contributed by atoms with E-state index in [4.69, 9.17) is 11.5 Å². The molecule has 0 saturated heterocycles. The molecule has 0 heterocycles. The first-order valence-electron chi connectivity index (χ1n) is 4.47. The van der Waals surface area contributed by atoms with E-state index >= 15 is 0 Å². The summed E-state index contributed by atoms with van der Waals surface area (Å²) in [6.07, 6.45) is 5.03. The van der Waals surface area contributed by atoms with Crippen LogP contribution in [0.2, 0.25) is 0 Å². The minimum absolute atomic E-state index is 0.0651. The summed E-state index contributed by atoms with van der Waals surface area (Å²) in [5.74, 6) is 2.30. The lowest BCUT2D eigenvalue weighted by molar-refractivity contribution is -0.134. The van der Waals surface area contributed by atoms with Gasteiger partial charge in [-0.2, -0.15) is 0 Å². The van der Waals surface area contributed by atoms with Crippen molar-refractivity contribution in [3.8, 4) is 12.3 Å². The Kier molecular flexibility index (Phi) is 5.21. The third kappa shape index (κ3) is 3.77. The molecular weight excluding hydrogens is 180 g/mol. The van der Waals surface area contributed by atoms with Crippen molar-refractivity contribution in [1.82, 2.24) is 10.2 Å². The number of nitrogens with one attached hydrogen (secondary N) is 1. The van der Waals surface area contributed by atoms with Crippen LogP contribution in [0.3, 0.4) is 0 Å².